The summed E-state index contributed by atoms with van der Waals surface area (Å²) in [5.74, 6) is -5.25. The van der Waals surface area contributed by atoms with Gasteiger partial charge in [-0.1, -0.05) is 48.9 Å². The lowest BCUT2D eigenvalue weighted by molar-refractivity contribution is -0.144. The second-order valence-corrected chi connectivity index (χ2v) is 21.3. The van der Waals surface area contributed by atoms with Gasteiger partial charge in [-0.15, -0.1) is 0 Å². The number of nitrogens with two attached hydrogens (primary N) is 1. The smallest absolute Gasteiger partial charge is 0.329 e. The molecule has 4 N–H and O–H groups in total. The molecular weight excluding hydrogens is 980 g/mol. The number of ether oxygens (including phenoxy) is 2. The third-order valence-electron chi connectivity index (χ3n) is 16.7. The number of methoxy groups -OCH3 is 1. The number of imide groups is 1. The number of carbonyl (C=O) groups is 4. The van der Waals surface area contributed by atoms with Gasteiger partial charge in [0.1, 0.15) is 22.9 Å². The Labute approximate surface area is 431 Å². The van der Waals surface area contributed by atoms with Crippen LogP contribution in [-0.2, 0) is 22.2 Å². The van der Waals surface area contributed by atoms with Crippen molar-refractivity contribution < 1.29 is 46.2 Å². The summed E-state index contributed by atoms with van der Waals surface area (Å²) in [5, 5.41) is 10.1. The maximum Gasteiger partial charge on any atom is 0.329 e. The van der Waals surface area contributed by atoms with Crippen LogP contribution < -0.4 is 30.7 Å². The molecule has 5 amide bonds. The number of carbonyl (C=O) groups excluding carboxylic acids is 4. The van der Waals surface area contributed by atoms with Crippen LogP contribution in [0.1, 0.15) is 117 Å². The van der Waals surface area contributed by atoms with E-state index in [-0.39, 0.29) is 117 Å². The molecule has 4 unspecified atom stereocenters. The fraction of sp³-hybridized carbons (Fsp3) is 0.473. The Morgan fingerprint density at radius 1 is 0.892 bits per heavy atom. The summed E-state index contributed by atoms with van der Waals surface area (Å²) in [6, 6.07) is 14.1. The summed E-state index contributed by atoms with van der Waals surface area (Å²) in [6.45, 7) is 7.78. The van der Waals surface area contributed by atoms with E-state index in [4.69, 9.17) is 26.8 Å². The highest BCUT2D eigenvalue weighted by molar-refractivity contribution is 6.34. The highest BCUT2D eigenvalue weighted by Crippen LogP contribution is 2.57. The molecule has 74 heavy (non-hydrogen) atoms. The number of halogens is 5. The number of hydrogen-bond donors (Lipinski definition) is 3. The number of urea groups is 1. The molecule has 4 fully saturated rings. The van der Waals surface area contributed by atoms with Crippen LogP contribution in [0.2, 0.25) is 5.02 Å². The Morgan fingerprint density at radius 3 is 2.23 bits per heavy atom. The number of piperidine rings is 2. The number of benzene rings is 4. The van der Waals surface area contributed by atoms with E-state index < -0.39 is 52.6 Å². The van der Waals surface area contributed by atoms with E-state index in [0.717, 1.165) is 31.2 Å². The van der Waals surface area contributed by atoms with Gasteiger partial charge in [0.05, 0.1) is 23.1 Å². The zero-order valence-electron chi connectivity index (χ0n) is 42.1. The van der Waals surface area contributed by atoms with Crippen LogP contribution in [0.15, 0.2) is 54.6 Å². The predicted octanol–water partition coefficient (Wildman–Crippen LogP) is 9.19. The average molecular weight is 1040 g/mol. The van der Waals surface area contributed by atoms with E-state index >= 15 is 17.6 Å². The molecule has 3 saturated heterocycles. The van der Waals surface area contributed by atoms with Crippen molar-refractivity contribution in [2.24, 2.45) is 18.7 Å². The summed E-state index contributed by atoms with van der Waals surface area (Å²) in [4.78, 5) is 57.2. The predicted molar refractivity (Wildman–Crippen MR) is 271 cm³/mol. The SMILES string of the molecule is COc1ccc(C(N)=O)c(-c2c(Cl)c(F)cc3c2C(C)C(CNC2CCC(C(=O)N4C(C)CC(N5CCC(c6c(F)cc7c(N8CCC(=O)NC8=O)nn(C)c7c6F)CC5)CC4C)CC2)(c2ccccc2)O3)c1F. The van der Waals surface area contributed by atoms with Crippen molar-refractivity contribution in [2.45, 2.75) is 120 Å². The minimum atomic E-state index is -1.11. The molecule has 392 valence electrons. The molecule has 19 heteroatoms. The van der Waals surface area contributed by atoms with E-state index in [1.54, 1.807) is 7.05 Å². The Bertz CT molecular complexity index is 3040. The topological polar surface area (TPSA) is 164 Å². The second kappa shape index (κ2) is 20.1. The second-order valence-electron chi connectivity index (χ2n) is 20.9. The van der Waals surface area contributed by atoms with Crippen LogP contribution in [0.25, 0.3) is 22.0 Å². The number of fused-ring (bicyclic) bond motifs is 2. The van der Waals surface area contributed by atoms with Gasteiger partial charge in [0.15, 0.2) is 28.8 Å². The first kappa shape index (κ1) is 51.3. The minimum absolute atomic E-state index is 0.0117. The van der Waals surface area contributed by atoms with Crippen LogP contribution >= 0.6 is 11.6 Å². The first-order valence-electron chi connectivity index (χ1n) is 25.6. The lowest BCUT2D eigenvalue weighted by Crippen LogP contribution is -2.57. The Kier molecular flexibility index (Phi) is 13.9. The molecular formula is C55H61ClF4N8O6. The lowest BCUT2D eigenvalue weighted by Gasteiger charge is -2.49. The molecule has 5 aromatic rings. The molecule has 0 bridgehead atoms. The van der Waals surface area contributed by atoms with Gasteiger partial charge in [-0.3, -0.25) is 29.3 Å². The van der Waals surface area contributed by atoms with Crippen molar-refractivity contribution in [3.63, 3.8) is 0 Å². The van der Waals surface area contributed by atoms with Crippen LogP contribution in [0.4, 0.5) is 28.2 Å². The molecule has 10 rings (SSSR count). The van der Waals surface area contributed by atoms with Gasteiger partial charge in [0.2, 0.25) is 17.7 Å². The maximum absolute atomic E-state index is 16.4. The minimum Gasteiger partial charge on any atom is -0.494 e. The summed E-state index contributed by atoms with van der Waals surface area (Å²) in [7, 11) is 2.85. The van der Waals surface area contributed by atoms with Gasteiger partial charge in [-0.2, -0.15) is 5.10 Å². The van der Waals surface area contributed by atoms with Crippen molar-refractivity contribution >= 4 is 52.1 Å². The number of aryl methyl sites for hydroxylation is 1. The zero-order chi connectivity index (χ0) is 52.5. The number of hydrogen-bond acceptors (Lipinski definition) is 9. The monoisotopic (exact) mass is 1040 g/mol. The first-order valence-corrected chi connectivity index (χ1v) is 26.0. The van der Waals surface area contributed by atoms with Gasteiger partial charge in [-0.05, 0) is 108 Å². The number of nitrogens with one attached hydrogen (secondary N) is 2. The number of amides is 5. The molecule has 1 aliphatic carbocycles. The molecule has 5 heterocycles. The number of rotatable bonds is 11. The zero-order valence-corrected chi connectivity index (χ0v) is 42.8. The van der Waals surface area contributed by atoms with Crippen LogP contribution in [0, 0.1) is 29.2 Å². The first-order chi connectivity index (χ1) is 35.4. The third-order valence-corrected chi connectivity index (χ3v) is 17.1. The van der Waals surface area contributed by atoms with E-state index in [1.807, 2.05) is 37.3 Å². The Hall–Kier alpha value is -6.24. The Balaban J connectivity index is 0.776. The van der Waals surface area contributed by atoms with Gasteiger partial charge in [0.25, 0.3) is 0 Å². The van der Waals surface area contributed by atoms with E-state index in [1.165, 1.54) is 41.0 Å². The third kappa shape index (κ3) is 8.83. The fourth-order valence-electron chi connectivity index (χ4n) is 13.0. The number of anilines is 1. The van der Waals surface area contributed by atoms with E-state index in [2.05, 4.69) is 39.4 Å². The van der Waals surface area contributed by atoms with Crippen molar-refractivity contribution in [1.82, 2.24) is 30.2 Å². The molecule has 5 aliphatic rings. The highest BCUT2D eigenvalue weighted by atomic mass is 35.5. The number of aromatic nitrogens is 2. The molecule has 0 radical (unpaired) electrons. The lowest BCUT2D eigenvalue weighted by atomic mass is 9.77. The van der Waals surface area contributed by atoms with Gasteiger partial charge < -0.3 is 30.3 Å². The van der Waals surface area contributed by atoms with Gasteiger partial charge >= 0.3 is 6.03 Å². The van der Waals surface area contributed by atoms with Gasteiger partial charge in [0, 0.05) is 90.9 Å². The molecule has 4 atom stereocenters. The number of likely N-dealkylation sites (tertiary alicyclic amines) is 2. The summed E-state index contributed by atoms with van der Waals surface area (Å²) in [6.07, 6.45) is 5.56. The fourth-order valence-corrected chi connectivity index (χ4v) is 13.2. The Morgan fingerprint density at radius 2 is 1.58 bits per heavy atom. The summed E-state index contributed by atoms with van der Waals surface area (Å²) in [5.41, 5.74) is 5.52. The molecule has 1 aromatic heterocycles. The quantitative estimate of drug-likeness (QED) is 0.110. The van der Waals surface area contributed by atoms with Crippen molar-refractivity contribution in [2.75, 3.05) is 38.2 Å². The summed E-state index contributed by atoms with van der Waals surface area (Å²) >= 11 is 6.71. The number of nitrogens with zero attached hydrogens (tertiary/aromatic N) is 5. The highest BCUT2D eigenvalue weighted by Gasteiger charge is 2.51. The average Bonchev–Trinajstić information content (AvgIpc) is 3.85. The largest absolute Gasteiger partial charge is 0.494 e. The standard InChI is InChI=1S/C55H61ClF4N8O6/c1-28-23-35(66-20-17-31(18-21-66)44-38(57)25-37-50(49(44)60)65(4)64-52(37)67-22-19-42(69)63-54(67)72)24-29(2)68(28)53(71)32-11-13-34(14-12-32)62-27-55(33-9-7-6-8-10-33)30(3)43-41(74-55)26-39(58)47(56)46(43)45-36(51(61)70)15-16-40(73-5)48(45)59/h6-10,15-16,25-26,28-32,34-35,62H,11-14,17-24,27H2,1-5H3,(H2,61,70)(H,63,69,72). The normalized spacial score (nSPS) is 25.8. The van der Waals surface area contributed by atoms with Crippen LogP contribution in [0.3, 0.4) is 0 Å². The molecule has 4 aliphatic heterocycles. The molecule has 0 spiro atoms. The molecule has 1 saturated carbocycles. The van der Waals surface area contributed by atoms with Gasteiger partial charge in [-0.25, -0.2) is 22.4 Å². The van der Waals surface area contributed by atoms with Crippen molar-refractivity contribution in [3.05, 3.63) is 105 Å². The van der Waals surface area contributed by atoms with Crippen LogP contribution in [0.5, 0.6) is 11.5 Å². The summed E-state index contributed by atoms with van der Waals surface area (Å²) < 4.78 is 77.9. The van der Waals surface area contributed by atoms with Crippen LogP contribution in [-0.4, -0.2) is 101 Å². The molecule has 14 nitrogen and oxygen atoms in total. The molecule has 4 aromatic carbocycles. The number of primary amides is 1. The van der Waals surface area contributed by atoms with E-state index in [0.29, 0.717) is 44.3 Å². The maximum atomic E-state index is 16.4. The van der Waals surface area contributed by atoms with Crippen molar-refractivity contribution in [1.29, 1.82) is 0 Å². The van der Waals surface area contributed by atoms with E-state index in [9.17, 15) is 19.2 Å². The van der Waals surface area contributed by atoms with Crippen molar-refractivity contribution in [3.8, 4) is 22.6 Å².